The molecule has 6 aromatic carbocycles. The monoisotopic (exact) mass is 650 g/mol. The SMILES string of the molecule is Cc1ccnc2c(-c3cc(-c4ccccc4)cc(-c4nc5c(-c6c(O)ccc7c6oc6ccccc67)cccc5o4)c3)cc(C(C)(C)C)cc12. The summed E-state index contributed by atoms with van der Waals surface area (Å²) in [5.41, 5.74) is 12.4. The second-order valence-electron chi connectivity index (χ2n) is 14.1. The zero-order valence-corrected chi connectivity index (χ0v) is 28.3. The van der Waals surface area contributed by atoms with Crippen molar-refractivity contribution in [3.05, 3.63) is 139 Å². The second kappa shape index (κ2) is 11.2. The van der Waals surface area contributed by atoms with E-state index in [0.29, 0.717) is 28.1 Å². The van der Waals surface area contributed by atoms with E-state index in [0.717, 1.165) is 60.6 Å². The molecule has 0 fully saturated rings. The number of pyridine rings is 1. The molecule has 9 rings (SSSR count). The van der Waals surface area contributed by atoms with Crippen LogP contribution in [0.25, 0.3) is 88.8 Å². The predicted octanol–water partition coefficient (Wildman–Crippen LogP) is 12.3. The van der Waals surface area contributed by atoms with E-state index in [-0.39, 0.29) is 11.2 Å². The van der Waals surface area contributed by atoms with Crippen molar-refractivity contribution in [1.29, 1.82) is 0 Å². The molecule has 242 valence electrons. The van der Waals surface area contributed by atoms with Gasteiger partial charge in [-0.3, -0.25) is 4.98 Å². The molecule has 0 spiro atoms. The summed E-state index contributed by atoms with van der Waals surface area (Å²) in [5, 5.41) is 14.3. The molecule has 0 atom stereocenters. The van der Waals surface area contributed by atoms with E-state index in [9.17, 15) is 5.11 Å². The van der Waals surface area contributed by atoms with Crippen LogP contribution in [0.5, 0.6) is 5.75 Å². The van der Waals surface area contributed by atoms with Gasteiger partial charge in [-0.15, -0.1) is 0 Å². The molecule has 0 amide bonds. The number of aryl methyl sites for hydroxylation is 1. The number of fused-ring (bicyclic) bond motifs is 5. The van der Waals surface area contributed by atoms with Gasteiger partial charge in [-0.2, -0.15) is 0 Å². The summed E-state index contributed by atoms with van der Waals surface area (Å²) in [7, 11) is 0. The van der Waals surface area contributed by atoms with Crippen molar-refractivity contribution in [3.8, 4) is 50.6 Å². The predicted molar refractivity (Wildman–Crippen MR) is 203 cm³/mol. The molecular weight excluding hydrogens is 617 g/mol. The Balaban J connectivity index is 1.28. The number of para-hydroxylation sites is 2. The van der Waals surface area contributed by atoms with E-state index in [2.05, 4.69) is 88.4 Å². The number of phenolic OH excluding ortho intramolecular Hbond substituents is 1. The molecule has 9 aromatic rings. The number of hydrogen-bond donors (Lipinski definition) is 1. The molecule has 50 heavy (non-hydrogen) atoms. The van der Waals surface area contributed by atoms with E-state index in [1.807, 2.05) is 60.8 Å². The van der Waals surface area contributed by atoms with Gasteiger partial charge in [0.2, 0.25) is 5.89 Å². The molecule has 5 nitrogen and oxygen atoms in total. The van der Waals surface area contributed by atoms with E-state index in [1.165, 1.54) is 11.1 Å². The van der Waals surface area contributed by atoms with Gasteiger partial charge >= 0.3 is 0 Å². The topological polar surface area (TPSA) is 72.3 Å². The first-order valence-corrected chi connectivity index (χ1v) is 16.9. The molecular formula is C45H34N2O3. The van der Waals surface area contributed by atoms with Crippen LogP contribution in [-0.4, -0.2) is 15.1 Å². The standard InChI is InChI=1S/C45H34N2O3/c1-26-19-20-46-41-35(26)24-31(45(2,3)4)25-36(41)29-21-28(27-11-6-5-7-12-27)22-30(23-29)44-47-42-34(14-10-16-39(42)50-44)40-37(48)18-17-33-32-13-8-9-15-38(32)49-43(33)40/h5-25,48H,1-4H3. The zero-order chi connectivity index (χ0) is 34.1. The largest absolute Gasteiger partial charge is 0.507 e. The third-order valence-corrected chi connectivity index (χ3v) is 9.74. The van der Waals surface area contributed by atoms with Gasteiger partial charge in [0.25, 0.3) is 0 Å². The minimum absolute atomic E-state index is 0.0595. The van der Waals surface area contributed by atoms with Crippen molar-refractivity contribution < 1.29 is 13.9 Å². The Morgan fingerprint density at radius 3 is 2.18 bits per heavy atom. The Labute approximate surface area is 289 Å². The van der Waals surface area contributed by atoms with Gasteiger partial charge in [0.15, 0.2) is 5.58 Å². The van der Waals surface area contributed by atoms with Crippen LogP contribution in [0.15, 0.2) is 136 Å². The lowest BCUT2D eigenvalue weighted by Crippen LogP contribution is -2.11. The number of phenols is 1. The molecule has 0 saturated heterocycles. The molecule has 0 radical (unpaired) electrons. The van der Waals surface area contributed by atoms with E-state index < -0.39 is 0 Å². The van der Waals surface area contributed by atoms with Crippen molar-refractivity contribution in [1.82, 2.24) is 9.97 Å². The molecule has 0 unspecified atom stereocenters. The Morgan fingerprint density at radius 1 is 0.580 bits per heavy atom. The van der Waals surface area contributed by atoms with Gasteiger partial charge in [0.1, 0.15) is 22.4 Å². The number of hydrogen-bond acceptors (Lipinski definition) is 5. The van der Waals surface area contributed by atoms with Crippen LogP contribution < -0.4 is 0 Å². The molecule has 0 aliphatic heterocycles. The molecule has 5 heteroatoms. The van der Waals surface area contributed by atoms with E-state index >= 15 is 0 Å². The summed E-state index contributed by atoms with van der Waals surface area (Å²) in [4.78, 5) is 10.0. The average Bonchev–Trinajstić information content (AvgIpc) is 3.73. The first kappa shape index (κ1) is 29.9. The van der Waals surface area contributed by atoms with Gasteiger partial charge in [0, 0.05) is 39.0 Å². The molecule has 0 aliphatic carbocycles. The smallest absolute Gasteiger partial charge is 0.227 e. The number of aromatic nitrogens is 2. The summed E-state index contributed by atoms with van der Waals surface area (Å²) < 4.78 is 12.9. The van der Waals surface area contributed by atoms with Crippen LogP contribution >= 0.6 is 0 Å². The summed E-state index contributed by atoms with van der Waals surface area (Å²) >= 11 is 0. The second-order valence-corrected chi connectivity index (χ2v) is 14.1. The van der Waals surface area contributed by atoms with Crippen LogP contribution in [0.4, 0.5) is 0 Å². The number of nitrogens with zero attached hydrogens (tertiary/aromatic N) is 2. The number of aromatic hydroxyl groups is 1. The molecule has 3 aromatic heterocycles. The highest BCUT2D eigenvalue weighted by atomic mass is 16.3. The fourth-order valence-electron chi connectivity index (χ4n) is 7.06. The van der Waals surface area contributed by atoms with Gasteiger partial charge < -0.3 is 13.9 Å². The van der Waals surface area contributed by atoms with E-state index in [1.54, 1.807) is 6.07 Å². The van der Waals surface area contributed by atoms with Gasteiger partial charge in [-0.1, -0.05) is 81.4 Å². The maximum atomic E-state index is 11.3. The van der Waals surface area contributed by atoms with Gasteiger partial charge in [-0.25, -0.2) is 4.98 Å². The number of furan rings is 1. The van der Waals surface area contributed by atoms with Crippen molar-refractivity contribution >= 4 is 43.9 Å². The summed E-state index contributed by atoms with van der Waals surface area (Å²) in [6.07, 6.45) is 1.89. The van der Waals surface area contributed by atoms with Crippen molar-refractivity contribution in [3.63, 3.8) is 0 Å². The van der Waals surface area contributed by atoms with Crippen LogP contribution in [0.3, 0.4) is 0 Å². The number of benzene rings is 6. The fourth-order valence-corrected chi connectivity index (χ4v) is 7.06. The first-order valence-electron chi connectivity index (χ1n) is 16.9. The van der Waals surface area contributed by atoms with Crippen molar-refractivity contribution in [2.24, 2.45) is 0 Å². The highest BCUT2D eigenvalue weighted by Crippen LogP contribution is 2.44. The Hall–Kier alpha value is -6.20. The van der Waals surface area contributed by atoms with Crippen LogP contribution in [0, 0.1) is 6.92 Å². The third-order valence-electron chi connectivity index (χ3n) is 9.74. The van der Waals surface area contributed by atoms with Gasteiger partial charge in [0.05, 0.1) is 11.1 Å². The Kier molecular flexibility index (Phi) is 6.68. The molecule has 0 aliphatic rings. The van der Waals surface area contributed by atoms with Crippen LogP contribution in [-0.2, 0) is 5.41 Å². The lowest BCUT2D eigenvalue weighted by atomic mass is 9.83. The number of oxazole rings is 1. The molecule has 1 N–H and O–H groups in total. The Bertz CT molecular complexity index is 2770. The highest BCUT2D eigenvalue weighted by molar-refractivity contribution is 6.13. The molecule has 0 saturated carbocycles. The third kappa shape index (κ3) is 4.85. The Morgan fingerprint density at radius 2 is 1.34 bits per heavy atom. The highest BCUT2D eigenvalue weighted by Gasteiger charge is 2.23. The minimum Gasteiger partial charge on any atom is -0.507 e. The average molecular weight is 651 g/mol. The minimum atomic E-state index is -0.0595. The molecule has 0 bridgehead atoms. The maximum Gasteiger partial charge on any atom is 0.227 e. The van der Waals surface area contributed by atoms with Crippen molar-refractivity contribution in [2.45, 2.75) is 33.1 Å². The lowest BCUT2D eigenvalue weighted by molar-refractivity contribution is 0.477. The first-order chi connectivity index (χ1) is 24.2. The van der Waals surface area contributed by atoms with Crippen molar-refractivity contribution in [2.75, 3.05) is 0 Å². The lowest BCUT2D eigenvalue weighted by Gasteiger charge is -2.22. The normalized spacial score (nSPS) is 12.1. The summed E-state index contributed by atoms with van der Waals surface area (Å²) in [6.45, 7) is 8.88. The molecule has 3 heterocycles. The zero-order valence-electron chi connectivity index (χ0n) is 28.3. The fraction of sp³-hybridized carbons (Fsp3) is 0.111. The summed E-state index contributed by atoms with van der Waals surface area (Å²) in [5.74, 6) is 0.610. The number of rotatable bonds is 4. The van der Waals surface area contributed by atoms with Gasteiger partial charge in [-0.05, 0) is 101 Å². The quantitative estimate of drug-likeness (QED) is 0.205. The summed E-state index contributed by atoms with van der Waals surface area (Å²) in [6, 6.07) is 40.9. The van der Waals surface area contributed by atoms with E-state index in [4.69, 9.17) is 18.8 Å². The van der Waals surface area contributed by atoms with Crippen LogP contribution in [0.1, 0.15) is 31.9 Å². The maximum absolute atomic E-state index is 11.3. The van der Waals surface area contributed by atoms with Crippen LogP contribution in [0.2, 0.25) is 0 Å².